The lowest BCUT2D eigenvalue weighted by Crippen LogP contribution is -2.20. The summed E-state index contributed by atoms with van der Waals surface area (Å²) in [5.41, 5.74) is 3.07. The highest BCUT2D eigenvalue weighted by Gasteiger charge is 2.23. The highest BCUT2D eigenvalue weighted by Crippen LogP contribution is 2.32. The first-order chi connectivity index (χ1) is 9.93. The minimum atomic E-state index is -0.445. The molecule has 1 unspecified atom stereocenters. The first kappa shape index (κ1) is 16.6. The summed E-state index contributed by atoms with van der Waals surface area (Å²) in [5.74, 6) is 1.74. The number of aryl methyl sites for hydroxylation is 1. The first-order valence-electron chi connectivity index (χ1n) is 8.29. The molecule has 2 nitrogen and oxygen atoms in total. The summed E-state index contributed by atoms with van der Waals surface area (Å²) in [5, 5.41) is -0.445. The Balaban J connectivity index is 2.09. The lowest BCUT2D eigenvalue weighted by Gasteiger charge is -2.29. The molecule has 0 bridgehead atoms. The van der Waals surface area contributed by atoms with E-state index in [0.717, 1.165) is 29.6 Å². The van der Waals surface area contributed by atoms with Crippen LogP contribution >= 0.6 is 11.6 Å². The SMILES string of the molecule is CCC1CCC(Cn2c(C)cc(C(=O)C(C)Cl)c2C)CC1. The van der Waals surface area contributed by atoms with Gasteiger partial charge >= 0.3 is 0 Å². The molecule has 0 amide bonds. The quantitative estimate of drug-likeness (QED) is 0.546. The van der Waals surface area contributed by atoms with Crippen LogP contribution in [0, 0.1) is 25.7 Å². The van der Waals surface area contributed by atoms with Gasteiger partial charge in [-0.2, -0.15) is 0 Å². The first-order valence-corrected chi connectivity index (χ1v) is 8.72. The highest BCUT2D eigenvalue weighted by molar-refractivity contribution is 6.33. The van der Waals surface area contributed by atoms with Crippen LogP contribution in [0.15, 0.2) is 6.07 Å². The Morgan fingerprint density at radius 1 is 1.29 bits per heavy atom. The summed E-state index contributed by atoms with van der Waals surface area (Å²) in [6, 6.07) is 2.01. The van der Waals surface area contributed by atoms with Gasteiger partial charge in [0.1, 0.15) is 0 Å². The summed E-state index contributed by atoms with van der Waals surface area (Å²) < 4.78 is 2.32. The maximum Gasteiger partial charge on any atom is 0.182 e. The van der Waals surface area contributed by atoms with E-state index in [9.17, 15) is 4.79 Å². The van der Waals surface area contributed by atoms with Gasteiger partial charge in [0.2, 0.25) is 0 Å². The van der Waals surface area contributed by atoms with E-state index in [1.165, 1.54) is 37.8 Å². The summed E-state index contributed by atoms with van der Waals surface area (Å²) in [6.45, 7) is 9.26. The zero-order chi connectivity index (χ0) is 15.6. The second-order valence-electron chi connectivity index (χ2n) is 6.67. The zero-order valence-corrected chi connectivity index (χ0v) is 14.5. The van der Waals surface area contributed by atoms with Crippen molar-refractivity contribution in [3.05, 3.63) is 23.0 Å². The summed E-state index contributed by atoms with van der Waals surface area (Å²) in [6.07, 6.45) is 6.70. The van der Waals surface area contributed by atoms with Gasteiger partial charge in [-0.15, -0.1) is 11.6 Å². The topological polar surface area (TPSA) is 22.0 Å². The van der Waals surface area contributed by atoms with Crippen molar-refractivity contribution in [2.45, 2.75) is 71.7 Å². The molecule has 2 rings (SSSR count). The van der Waals surface area contributed by atoms with Crippen molar-refractivity contribution in [1.29, 1.82) is 0 Å². The van der Waals surface area contributed by atoms with Gasteiger partial charge in [0.15, 0.2) is 5.78 Å². The normalized spacial score (nSPS) is 24.0. The van der Waals surface area contributed by atoms with E-state index in [1.807, 2.05) is 6.07 Å². The van der Waals surface area contributed by atoms with E-state index in [0.29, 0.717) is 0 Å². The smallest absolute Gasteiger partial charge is 0.182 e. The van der Waals surface area contributed by atoms with Gasteiger partial charge in [-0.05, 0) is 51.5 Å². The molecule has 1 atom stereocenters. The third-order valence-electron chi connectivity index (χ3n) is 5.18. The minimum Gasteiger partial charge on any atom is -0.348 e. The fourth-order valence-electron chi connectivity index (χ4n) is 3.63. The standard InChI is InChI=1S/C18H28ClNO/c1-5-15-6-8-16(9-7-15)11-20-12(2)10-17(14(20)4)18(21)13(3)19/h10,13,15-16H,5-9,11H2,1-4H3. The van der Waals surface area contributed by atoms with Gasteiger partial charge in [-0.3, -0.25) is 4.79 Å². The molecule has 0 aliphatic heterocycles. The van der Waals surface area contributed by atoms with E-state index in [-0.39, 0.29) is 5.78 Å². The molecule has 1 heterocycles. The molecule has 0 aromatic carbocycles. The third-order valence-corrected chi connectivity index (χ3v) is 5.38. The molecule has 1 saturated carbocycles. The molecule has 1 aromatic rings. The number of hydrogen-bond donors (Lipinski definition) is 0. The van der Waals surface area contributed by atoms with Crippen molar-refractivity contribution in [3.63, 3.8) is 0 Å². The zero-order valence-electron chi connectivity index (χ0n) is 13.8. The Labute approximate surface area is 133 Å². The monoisotopic (exact) mass is 309 g/mol. The van der Waals surface area contributed by atoms with Gasteiger partial charge in [0, 0.05) is 23.5 Å². The highest BCUT2D eigenvalue weighted by atomic mass is 35.5. The number of Topliss-reactive ketones (excluding diaryl/α,β-unsaturated/α-hetero) is 1. The maximum atomic E-state index is 12.2. The number of aromatic nitrogens is 1. The van der Waals surface area contributed by atoms with E-state index >= 15 is 0 Å². The van der Waals surface area contributed by atoms with Gasteiger partial charge in [0.25, 0.3) is 0 Å². The Bertz CT molecular complexity index is 496. The molecule has 0 radical (unpaired) electrons. The van der Waals surface area contributed by atoms with Crippen LogP contribution in [0.3, 0.4) is 0 Å². The van der Waals surface area contributed by atoms with Crippen LogP contribution in [-0.2, 0) is 6.54 Å². The fraction of sp³-hybridized carbons (Fsp3) is 0.722. The second-order valence-corrected chi connectivity index (χ2v) is 7.33. The van der Waals surface area contributed by atoms with Crippen molar-refractivity contribution >= 4 is 17.4 Å². The number of nitrogens with zero attached hydrogens (tertiary/aromatic N) is 1. The average Bonchev–Trinajstić information content (AvgIpc) is 2.75. The number of alkyl halides is 1. The van der Waals surface area contributed by atoms with E-state index in [1.54, 1.807) is 6.92 Å². The summed E-state index contributed by atoms with van der Waals surface area (Å²) in [4.78, 5) is 12.2. The number of ketones is 1. The summed E-state index contributed by atoms with van der Waals surface area (Å²) in [7, 11) is 0. The second kappa shape index (κ2) is 7.00. The number of hydrogen-bond acceptors (Lipinski definition) is 1. The van der Waals surface area contributed by atoms with Crippen molar-refractivity contribution in [2.75, 3.05) is 0 Å². The Morgan fingerprint density at radius 2 is 1.86 bits per heavy atom. The molecule has 0 saturated heterocycles. The molecule has 1 aliphatic carbocycles. The third kappa shape index (κ3) is 3.71. The van der Waals surface area contributed by atoms with Gasteiger partial charge in [-0.1, -0.05) is 26.2 Å². The molecular formula is C18H28ClNO. The molecule has 0 N–H and O–H groups in total. The molecule has 118 valence electrons. The van der Waals surface area contributed by atoms with Crippen molar-refractivity contribution in [3.8, 4) is 0 Å². The Kier molecular flexibility index (Phi) is 5.54. The van der Waals surface area contributed by atoms with E-state index < -0.39 is 5.38 Å². The number of rotatable bonds is 5. The maximum absolute atomic E-state index is 12.2. The number of halogens is 1. The average molecular weight is 310 g/mol. The minimum absolute atomic E-state index is 0.0470. The Hall–Kier alpha value is -0.760. The van der Waals surface area contributed by atoms with Crippen LogP contribution in [0.4, 0.5) is 0 Å². The lowest BCUT2D eigenvalue weighted by molar-refractivity contribution is 0.0991. The van der Waals surface area contributed by atoms with Gasteiger partial charge in [-0.25, -0.2) is 0 Å². The van der Waals surface area contributed by atoms with E-state index in [4.69, 9.17) is 11.6 Å². The predicted molar refractivity (Wildman–Crippen MR) is 89.3 cm³/mol. The molecule has 1 aromatic heterocycles. The van der Waals surface area contributed by atoms with Crippen LogP contribution in [0.2, 0.25) is 0 Å². The lowest BCUT2D eigenvalue weighted by atomic mass is 9.81. The number of carbonyl (C=O) groups excluding carboxylic acids is 1. The summed E-state index contributed by atoms with van der Waals surface area (Å²) >= 11 is 5.96. The van der Waals surface area contributed by atoms with E-state index in [2.05, 4.69) is 25.3 Å². The molecule has 21 heavy (non-hydrogen) atoms. The molecule has 0 spiro atoms. The molecule has 1 aliphatic rings. The molecule has 1 fully saturated rings. The van der Waals surface area contributed by atoms with Gasteiger partial charge in [0.05, 0.1) is 5.38 Å². The molecule has 3 heteroatoms. The largest absolute Gasteiger partial charge is 0.348 e. The predicted octanol–water partition coefficient (Wildman–Crippen LogP) is 5.13. The molecular weight excluding hydrogens is 282 g/mol. The van der Waals surface area contributed by atoms with Crippen LogP contribution in [0.5, 0.6) is 0 Å². The van der Waals surface area contributed by atoms with Crippen LogP contribution in [-0.4, -0.2) is 15.7 Å². The van der Waals surface area contributed by atoms with Crippen molar-refractivity contribution in [1.82, 2.24) is 4.57 Å². The number of carbonyl (C=O) groups is 1. The Morgan fingerprint density at radius 3 is 2.38 bits per heavy atom. The fourth-order valence-corrected chi connectivity index (χ4v) is 3.74. The van der Waals surface area contributed by atoms with Gasteiger partial charge < -0.3 is 4.57 Å². The van der Waals surface area contributed by atoms with Crippen LogP contribution in [0.25, 0.3) is 0 Å². The van der Waals surface area contributed by atoms with Crippen LogP contribution < -0.4 is 0 Å². The van der Waals surface area contributed by atoms with Crippen LogP contribution in [0.1, 0.15) is 67.7 Å². The van der Waals surface area contributed by atoms with Crippen molar-refractivity contribution < 1.29 is 4.79 Å². The van der Waals surface area contributed by atoms with Crippen molar-refractivity contribution in [2.24, 2.45) is 11.8 Å².